The highest BCUT2D eigenvalue weighted by atomic mass is 16.5. The minimum Gasteiger partial charge on any atom is -0.494 e. The molecule has 0 aliphatic carbocycles. The molecule has 2 aromatic carbocycles. The Hall–Kier alpha value is -3.28. The first-order chi connectivity index (χ1) is 15.1. The van der Waals surface area contributed by atoms with Crippen molar-refractivity contribution in [1.82, 2.24) is 14.8 Å². The lowest BCUT2D eigenvalue weighted by Crippen LogP contribution is -2.50. The van der Waals surface area contributed by atoms with Crippen molar-refractivity contribution in [2.24, 2.45) is 0 Å². The maximum absolute atomic E-state index is 12.9. The minimum atomic E-state index is -0.0228. The van der Waals surface area contributed by atoms with E-state index in [9.17, 15) is 9.59 Å². The molecule has 1 fully saturated rings. The number of nitrogens with one attached hydrogen (secondary N) is 1. The SMILES string of the molecule is CCOc1ccc2cc(C(=O)N3CCN(C(=O)CCCc4ccccc4)CC3)[nH]c2c1. The number of benzene rings is 2. The fraction of sp³-hybridized carbons (Fsp3) is 0.360. The Balaban J connectivity index is 1.28. The van der Waals surface area contributed by atoms with Gasteiger partial charge in [0.2, 0.25) is 5.91 Å². The monoisotopic (exact) mass is 419 g/mol. The van der Waals surface area contributed by atoms with Gasteiger partial charge in [0.1, 0.15) is 11.4 Å². The van der Waals surface area contributed by atoms with Gasteiger partial charge in [-0.25, -0.2) is 0 Å². The van der Waals surface area contributed by atoms with Crippen molar-refractivity contribution in [3.05, 3.63) is 65.9 Å². The molecule has 162 valence electrons. The van der Waals surface area contributed by atoms with Gasteiger partial charge >= 0.3 is 0 Å². The van der Waals surface area contributed by atoms with E-state index in [1.54, 1.807) is 0 Å². The van der Waals surface area contributed by atoms with Gasteiger partial charge < -0.3 is 19.5 Å². The number of nitrogens with zero attached hydrogens (tertiary/aromatic N) is 2. The molecule has 0 atom stereocenters. The van der Waals surface area contributed by atoms with E-state index in [1.165, 1.54) is 5.56 Å². The zero-order valence-electron chi connectivity index (χ0n) is 18.0. The van der Waals surface area contributed by atoms with Crippen LogP contribution in [-0.2, 0) is 11.2 Å². The third-order valence-corrected chi connectivity index (χ3v) is 5.75. The second kappa shape index (κ2) is 9.69. The number of hydrogen-bond acceptors (Lipinski definition) is 3. The van der Waals surface area contributed by atoms with Gasteiger partial charge in [0.05, 0.1) is 6.61 Å². The first kappa shape index (κ1) is 21.0. The molecule has 2 amide bonds. The van der Waals surface area contributed by atoms with Crippen molar-refractivity contribution in [3.8, 4) is 5.75 Å². The minimum absolute atomic E-state index is 0.0228. The Bertz CT molecular complexity index is 1040. The standard InChI is InChI=1S/C25H29N3O3/c1-2-31-21-12-11-20-17-23(26-22(20)18-21)25(30)28-15-13-27(14-16-28)24(29)10-6-9-19-7-4-3-5-8-19/h3-5,7-8,11-12,17-18,26H,2,6,9-10,13-16H2,1H3. The first-order valence-electron chi connectivity index (χ1n) is 11.0. The number of rotatable bonds is 7. The molecule has 0 spiro atoms. The van der Waals surface area contributed by atoms with Crippen molar-refractivity contribution in [2.45, 2.75) is 26.2 Å². The summed E-state index contributed by atoms with van der Waals surface area (Å²) >= 11 is 0. The summed E-state index contributed by atoms with van der Waals surface area (Å²) in [5.41, 5.74) is 2.73. The summed E-state index contributed by atoms with van der Waals surface area (Å²) in [5, 5.41) is 0.985. The number of hydrogen-bond donors (Lipinski definition) is 1. The predicted octanol–water partition coefficient (Wildman–Crippen LogP) is 3.87. The number of piperazine rings is 1. The molecule has 31 heavy (non-hydrogen) atoms. The van der Waals surface area contributed by atoms with Crippen molar-refractivity contribution >= 4 is 22.7 Å². The lowest BCUT2D eigenvalue weighted by Gasteiger charge is -2.34. The highest BCUT2D eigenvalue weighted by molar-refractivity contribution is 5.98. The Morgan fingerprint density at radius 2 is 1.71 bits per heavy atom. The summed E-state index contributed by atoms with van der Waals surface area (Å²) in [4.78, 5) is 32.4. The van der Waals surface area contributed by atoms with Gasteiger partial charge in [0.15, 0.2) is 0 Å². The van der Waals surface area contributed by atoms with E-state index in [2.05, 4.69) is 17.1 Å². The van der Waals surface area contributed by atoms with Crippen molar-refractivity contribution < 1.29 is 14.3 Å². The molecular formula is C25H29N3O3. The largest absolute Gasteiger partial charge is 0.494 e. The van der Waals surface area contributed by atoms with Crippen LogP contribution in [0.1, 0.15) is 35.8 Å². The summed E-state index contributed by atoms with van der Waals surface area (Å²) in [6, 6.07) is 17.9. The molecule has 1 aliphatic heterocycles. The lowest BCUT2D eigenvalue weighted by atomic mass is 10.1. The molecule has 0 unspecified atom stereocenters. The highest BCUT2D eigenvalue weighted by Crippen LogP contribution is 2.22. The molecule has 1 aromatic heterocycles. The van der Waals surface area contributed by atoms with Gasteiger partial charge in [-0.05, 0) is 43.5 Å². The number of fused-ring (bicyclic) bond motifs is 1. The average Bonchev–Trinajstić information content (AvgIpc) is 3.23. The van der Waals surface area contributed by atoms with Crippen molar-refractivity contribution in [3.63, 3.8) is 0 Å². The molecule has 1 saturated heterocycles. The zero-order chi connectivity index (χ0) is 21.6. The van der Waals surface area contributed by atoms with Crippen LogP contribution in [0.4, 0.5) is 0 Å². The molecule has 1 N–H and O–H groups in total. The van der Waals surface area contributed by atoms with Crippen molar-refractivity contribution in [1.29, 1.82) is 0 Å². The Labute approximate surface area is 182 Å². The fourth-order valence-corrected chi connectivity index (χ4v) is 4.05. The topological polar surface area (TPSA) is 65.6 Å². The number of amides is 2. The van der Waals surface area contributed by atoms with E-state index in [0.29, 0.717) is 44.9 Å². The molecule has 3 aromatic rings. The van der Waals surface area contributed by atoms with Gasteiger partial charge in [-0.3, -0.25) is 9.59 Å². The van der Waals surface area contributed by atoms with Crippen LogP contribution in [0.2, 0.25) is 0 Å². The first-order valence-corrected chi connectivity index (χ1v) is 11.0. The number of carbonyl (C=O) groups excluding carboxylic acids is 2. The highest BCUT2D eigenvalue weighted by Gasteiger charge is 2.25. The number of aromatic amines is 1. The van der Waals surface area contributed by atoms with Gasteiger partial charge in [0.25, 0.3) is 5.91 Å². The van der Waals surface area contributed by atoms with Crippen LogP contribution in [-0.4, -0.2) is 59.4 Å². The third kappa shape index (κ3) is 5.08. The van der Waals surface area contributed by atoms with Gasteiger partial charge in [-0.2, -0.15) is 0 Å². The second-order valence-corrected chi connectivity index (χ2v) is 7.88. The van der Waals surface area contributed by atoms with Crippen LogP contribution < -0.4 is 4.74 Å². The van der Waals surface area contributed by atoms with Gasteiger partial charge in [0, 0.05) is 49.6 Å². The smallest absolute Gasteiger partial charge is 0.270 e. The maximum atomic E-state index is 12.9. The summed E-state index contributed by atoms with van der Waals surface area (Å²) in [6.07, 6.45) is 2.31. The van der Waals surface area contributed by atoms with Crippen LogP contribution in [0.15, 0.2) is 54.6 Å². The van der Waals surface area contributed by atoms with Gasteiger partial charge in [-0.15, -0.1) is 0 Å². The molecule has 0 radical (unpaired) electrons. The number of carbonyl (C=O) groups is 2. The molecular weight excluding hydrogens is 390 g/mol. The Morgan fingerprint density at radius 1 is 0.968 bits per heavy atom. The normalized spacial score (nSPS) is 14.1. The molecule has 6 heteroatoms. The van der Waals surface area contributed by atoms with E-state index in [0.717, 1.165) is 29.5 Å². The van der Waals surface area contributed by atoms with E-state index in [4.69, 9.17) is 4.74 Å². The van der Waals surface area contributed by atoms with E-state index >= 15 is 0 Å². The molecule has 2 heterocycles. The van der Waals surface area contributed by atoms with Crippen molar-refractivity contribution in [2.75, 3.05) is 32.8 Å². The quantitative estimate of drug-likeness (QED) is 0.632. The van der Waals surface area contributed by atoms with E-state index in [1.807, 2.05) is 59.2 Å². The second-order valence-electron chi connectivity index (χ2n) is 7.88. The number of H-pyrrole nitrogens is 1. The fourth-order valence-electron chi connectivity index (χ4n) is 4.05. The van der Waals surface area contributed by atoms with Crippen LogP contribution in [0.25, 0.3) is 10.9 Å². The Kier molecular flexibility index (Phi) is 6.55. The summed E-state index contributed by atoms with van der Waals surface area (Å²) < 4.78 is 5.53. The zero-order valence-corrected chi connectivity index (χ0v) is 18.0. The summed E-state index contributed by atoms with van der Waals surface area (Å²) in [7, 11) is 0. The predicted molar refractivity (Wildman–Crippen MR) is 121 cm³/mol. The number of aryl methyl sites for hydroxylation is 1. The molecule has 0 bridgehead atoms. The molecule has 4 rings (SSSR count). The van der Waals surface area contributed by atoms with E-state index < -0.39 is 0 Å². The molecule has 6 nitrogen and oxygen atoms in total. The number of aromatic nitrogens is 1. The Morgan fingerprint density at radius 3 is 2.45 bits per heavy atom. The van der Waals surface area contributed by atoms with Crippen LogP contribution in [0.3, 0.4) is 0 Å². The third-order valence-electron chi connectivity index (χ3n) is 5.75. The summed E-state index contributed by atoms with van der Waals surface area (Å²) in [5.74, 6) is 0.942. The van der Waals surface area contributed by atoms with Gasteiger partial charge in [-0.1, -0.05) is 30.3 Å². The molecule has 1 aliphatic rings. The average molecular weight is 420 g/mol. The van der Waals surface area contributed by atoms with Crippen LogP contribution >= 0.6 is 0 Å². The van der Waals surface area contributed by atoms with Crippen LogP contribution in [0, 0.1) is 0 Å². The van der Waals surface area contributed by atoms with E-state index in [-0.39, 0.29) is 11.8 Å². The maximum Gasteiger partial charge on any atom is 0.270 e. The number of ether oxygens (including phenoxy) is 1. The van der Waals surface area contributed by atoms with Crippen LogP contribution in [0.5, 0.6) is 5.75 Å². The summed E-state index contributed by atoms with van der Waals surface area (Å²) in [6.45, 7) is 4.84. The molecule has 0 saturated carbocycles. The lowest BCUT2D eigenvalue weighted by molar-refractivity contribution is -0.132.